The predicted molar refractivity (Wildman–Crippen MR) is 52.0 cm³/mol. The second kappa shape index (κ2) is 3.18. The summed E-state index contributed by atoms with van der Waals surface area (Å²) in [5.41, 5.74) is 0.669. The number of Topliss-reactive ketones (excluding diaryl/α,β-unsaturated/α-hetero) is 1. The predicted octanol–water partition coefficient (Wildman–Crippen LogP) is 2.00. The van der Waals surface area contributed by atoms with Crippen LogP contribution in [0.5, 0.6) is 0 Å². The molecule has 4 heteroatoms. The molecule has 1 aromatic heterocycles. The maximum Gasteiger partial charge on any atom is 0.186 e. The Kier molecular flexibility index (Phi) is 2.19. The molecule has 0 spiro atoms. The molecule has 2 rings (SSSR count). The first-order chi connectivity index (χ1) is 5.77. The summed E-state index contributed by atoms with van der Waals surface area (Å²) in [7, 11) is 0. The van der Waals surface area contributed by atoms with Crippen molar-refractivity contribution >= 4 is 28.9 Å². The van der Waals surface area contributed by atoms with Gasteiger partial charge in [-0.25, -0.2) is 4.98 Å². The lowest BCUT2D eigenvalue weighted by Gasteiger charge is -2.22. The van der Waals surface area contributed by atoms with Gasteiger partial charge in [0.15, 0.2) is 5.78 Å². The van der Waals surface area contributed by atoms with Crippen LogP contribution in [0.4, 0.5) is 0 Å². The molecular weight excluding hydrogens is 190 g/mol. The molecule has 0 radical (unpaired) electrons. The van der Waals surface area contributed by atoms with E-state index in [0.29, 0.717) is 5.69 Å². The molecule has 1 aliphatic heterocycles. The number of ketones is 1. The number of carbonyl (C=O) groups excluding carboxylic acids is 1. The second-order valence-electron chi connectivity index (χ2n) is 2.85. The molecule has 12 heavy (non-hydrogen) atoms. The van der Waals surface area contributed by atoms with Gasteiger partial charge in [0.05, 0.1) is 5.01 Å². The smallest absolute Gasteiger partial charge is 0.186 e. The van der Waals surface area contributed by atoms with Crippen LogP contribution in [0.25, 0.3) is 0 Å². The quantitative estimate of drug-likeness (QED) is 0.682. The topological polar surface area (TPSA) is 30.0 Å². The Bertz CT molecular complexity index is 304. The largest absolute Gasteiger partial charge is 0.292 e. The number of carbonyl (C=O) groups is 1. The Morgan fingerprint density at radius 3 is 2.83 bits per heavy atom. The fraction of sp³-hybridized carbons (Fsp3) is 0.500. The normalized spacial score (nSPS) is 17.4. The van der Waals surface area contributed by atoms with Crippen molar-refractivity contribution in [3.8, 4) is 0 Å². The first-order valence-electron chi connectivity index (χ1n) is 3.81. The minimum atomic E-state index is 0.234. The molecular formula is C8H9NOS2. The van der Waals surface area contributed by atoms with Gasteiger partial charge >= 0.3 is 0 Å². The Labute approximate surface area is 79.4 Å². The van der Waals surface area contributed by atoms with Crippen LogP contribution in [0.15, 0.2) is 5.38 Å². The van der Waals surface area contributed by atoms with Crippen molar-refractivity contribution in [2.45, 2.75) is 6.92 Å². The lowest BCUT2D eigenvalue weighted by molar-refractivity contribution is 0.0934. The standard InChI is InChI=1S/C8H9NOS2/c1-5-9-7(4-12-5)8(10)6-2-11-3-6/h4,6H,2-3H2,1H3. The van der Waals surface area contributed by atoms with Gasteiger partial charge in [-0.15, -0.1) is 11.3 Å². The number of thioether (sulfide) groups is 1. The summed E-state index contributed by atoms with van der Waals surface area (Å²) in [4.78, 5) is 15.7. The molecule has 64 valence electrons. The van der Waals surface area contributed by atoms with E-state index in [-0.39, 0.29) is 11.7 Å². The summed E-state index contributed by atoms with van der Waals surface area (Å²) < 4.78 is 0. The molecule has 0 bridgehead atoms. The van der Waals surface area contributed by atoms with E-state index in [1.54, 1.807) is 11.3 Å². The average molecular weight is 199 g/mol. The van der Waals surface area contributed by atoms with Crippen molar-refractivity contribution in [2.75, 3.05) is 11.5 Å². The van der Waals surface area contributed by atoms with Crippen molar-refractivity contribution < 1.29 is 4.79 Å². The van der Waals surface area contributed by atoms with E-state index < -0.39 is 0 Å². The highest BCUT2D eigenvalue weighted by atomic mass is 32.2. The van der Waals surface area contributed by atoms with Gasteiger partial charge in [-0.05, 0) is 6.92 Å². The fourth-order valence-corrected chi connectivity index (χ4v) is 2.45. The summed E-state index contributed by atoms with van der Waals surface area (Å²) in [6, 6.07) is 0. The zero-order valence-corrected chi connectivity index (χ0v) is 8.37. The summed E-state index contributed by atoms with van der Waals surface area (Å²) >= 11 is 3.38. The molecule has 1 aromatic rings. The van der Waals surface area contributed by atoms with Crippen molar-refractivity contribution in [1.29, 1.82) is 0 Å². The van der Waals surface area contributed by atoms with Gasteiger partial charge in [-0.1, -0.05) is 0 Å². The number of nitrogens with zero attached hydrogens (tertiary/aromatic N) is 1. The van der Waals surface area contributed by atoms with Crippen molar-refractivity contribution in [2.24, 2.45) is 5.92 Å². The zero-order valence-electron chi connectivity index (χ0n) is 6.74. The summed E-state index contributed by atoms with van der Waals surface area (Å²) in [5.74, 6) is 2.44. The average Bonchev–Trinajstić information content (AvgIpc) is 2.31. The van der Waals surface area contributed by atoms with E-state index in [1.165, 1.54) is 0 Å². The molecule has 0 aromatic carbocycles. The number of aryl methyl sites for hydroxylation is 1. The number of rotatable bonds is 2. The van der Waals surface area contributed by atoms with E-state index in [9.17, 15) is 4.79 Å². The molecule has 0 unspecified atom stereocenters. The van der Waals surface area contributed by atoms with E-state index in [0.717, 1.165) is 16.5 Å². The first-order valence-corrected chi connectivity index (χ1v) is 5.85. The van der Waals surface area contributed by atoms with E-state index >= 15 is 0 Å². The van der Waals surface area contributed by atoms with Gasteiger partial charge < -0.3 is 0 Å². The third-order valence-electron chi connectivity index (χ3n) is 1.88. The number of thiazole rings is 1. The number of aromatic nitrogens is 1. The van der Waals surface area contributed by atoms with E-state index in [2.05, 4.69) is 4.98 Å². The third kappa shape index (κ3) is 1.41. The maximum atomic E-state index is 11.6. The van der Waals surface area contributed by atoms with Gasteiger partial charge in [-0.2, -0.15) is 11.8 Å². The van der Waals surface area contributed by atoms with Crippen LogP contribution < -0.4 is 0 Å². The number of hydrogen-bond acceptors (Lipinski definition) is 4. The van der Waals surface area contributed by atoms with Crippen molar-refractivity contribution in [3.63, 3.8) is 0 Å². The van der Waals surface area contributed by atoms with Gasteiger partial charge in [-0.3, -0.25) is 4.79 Å². The highest BCUT2D eigenvalue weighted by Crippen LogP contribution is 2.28. The van der Waals surface area contributed by atoms with Gasteiger partial charge in [0.1, 0.15) is 5.69 Å². The minimum Gasteiger partial charge on any atom is -0.292 e. The van der Waals surface area contributed by atoms with Crippen molar-refractivity contribution in [1.82, 2.24) is 4.98 Å². The van der Waals surface area contributed by atoms with Gasteiger partial charge in [0, 0.05) is 22.8 Å². The number of hydrogen-bond donors (Lipinski definition) is 0. The monoisotopic (exact) mass is 199 g/mol. The van der Waals surface area contributed by atoms with Crippen LogP contribution in [0, 0.1) is 12.8 Å². The van der Waals surface area contributed by atoms with E-state index in [4.69, 9.17) is 0 Å². The first kappa shape index (κ1) is 8.26. The minimum absolute atomic E-state index is 0.234. The Morgan fingerprint density at radius 1 is 1.67 bits per heavy atom. The summed E-state index contributed by atoms with van der Waals surface area (Å²) in [5, 5.41) is 2.84. The zero-order chi connectivity index (χ0) is 8.55. The molecule has 2 nitrogen and oxygen atoms in total. The van der Waals surface area contributed by atoms with Crippen molar-refractivity contribution in [3.05, 3.63) is 16.1 Å². The molecule has 1 fully saturated rings. The van der Waals surface area contributed by atoms with Gasteiger partial charge in [0.2, 0.25) is 0 Å². The Balaban J connectivity index is 2.13. The molecule has 2 heterocycles. The van der Waals surface area contributed by atoms with E-state index in [1.807, 2.05) is 24.1 Å². The van der Waals surface area contributed by atoms with Crippen LogP contribution in [0.1, 0.15) is 15.5 Å². The van der Waals surface area contributed by atoms with Crippen LogP contribution in [0.2, 0.25) is 0 Å². The Morgan fingerprint density at radius 2 is 2.42 bits per heavy atom. The van der Waals surface area contributed by atoms with Crippen LogP contribution in [-0.4, -0.2) is 22.3 Å². The third-order valence-corrected chi connectivity index (χ3v) is 3.93. The molecule has 0 saturated carbocycles. The van der Waals surface area contributed by atoms with Gasteiger partial charge in [0.25, 0.3) is 0 Å². The molecule has 0 atom stereocenters. The highest BCUT2D eigenvalue weighted by Gasteiger charge is 2.28. The molecule has 1 aliphatic rings. The maximum absolute atomic E-state index is 11.6. The summed E-state index contributed by atoms with van der Waals surface area (Å²) in [6.45, 7) is 1.93. The molecule has 0 N–H and O–H groups in total. The highest BCUT2D eigenvalue weighted by molar-refractivity contribution is 8.00. The second-order valence-corrected chi connectivity index (χ2v) is 4.99. The van der Waals surface area contributed by atoms with Crippen LogP contribution in [0.3, 0.4) is 0 Å². The van der Waals surface area contributed by atoms with Crippen LogP contribution >= 0.6 is 23.1 Å². The fourth-order valence-electron chi connectivity index (χ4n) is 1.07. The lowest BCUT2D eigenvalue weighted by atomic mass is 10.1. The van der Waals surface area contributed by atoms with Crippen LogP contribution in [-0.2, 0) is 0 Å². The molecule has 0 amide bonds. The Hall–Kier alpha value is -0.350. The SMILES string of the molecule is Cc1nc(C(=O)C2CSC2)cs1. The summed E-state index contributed by atoms with van der Waals surface area (Å²) in [6.07, 6.45) is 0. The lowest BCUT2D eigenvalue weighted by Crippen LogP contribution is -2.27. The molecule has 1 saturated heterocycles. The molecule has 0 aliphatic carbocycles.